The van der Waals surface area contributed by atoms with Crippen molar-refractivity contribution in [2.45, 2.75) is 18.9 Å². The van der Waals surface area contributed by atoms with E-state index in [0.29, 0.717) is 23.0 Å². The van der Waals surface area contributed by atoms with Crippen molar-refractivity contribution in [3.05, 3.63) is 54.0 Å². The molecular formula is C26H30FN7O2. The minimum absolute atomic E-state index is 0.130. The third-order valence-electron chi connectivity index (χ3n) is 7.76. The maximum absolute atomic E-state index is 14.3. The lowest BCUT2D eigenvalue weighted by Gasteiger charge is -2.42. The summed E-state index contributed by atoms with van der Waals surface area (Å²) in [6, 6.07) is 0.647. The van der Waals surface area contributed by atoms with Crippen LogP contribution in [0.5, 0.6) is 0 Å². The van der Waals surface area contributed by atoms with Crippen LogP contribution in [0.2, 0.25) is 0 Å². The van der Waals surface area contributed by atoms with Gasteiger partial charge in [0.2, 0.25) is 0 Å². The van der Waals surface area contributed by atoms with Crippen molar-refractivity contribution in [3.8, 4) is 0 Å². The van der Waals surface area contributed by atoms with Crippen LogP contribution in [0, 0.1) is 5.92 Å². The molecule has 0 radical (unpaired) electrons. The van der Waals surface area contributed by atoms with Gasteiger partial charge in [-0.2, -0.15) is 5.10 Å². The van der Waals surface area contributed by atoms with Crippen LogP contribution in [-0.2, 0) is 9.53 Å². The van der Waals surface area contributed by atoms with Crippen LogP contribution in [0.15, 0.2) is 53.4 Å². The van der Waals surface area contributed by atoms with Crippen LogP contribution in [0.4, 0.5) is 10.1 Å². The third-order valence-corrected chi connectivity index (χ3v) is 7.76. The van der Waals surface area contributed by atoms with Gasteiger partial charge in [0.05, 0.1) is 37.1 Å². The van der Waals surface area contributed by atoms with Crippen molar-refractivity contribution in [2.75, 3.05) is 58.3 Å². The molecule has 0 N–H and O–H groups in total. The minimum atomic E-state index is -0.541. The molecule has 3 aliphatic heterocycles. The van der Waals surface area contributed by atoms with Gasteiger partial charge in [0, 0.05) is 68.9 Å². The zero-order valence-electron chi connectivity index (χ0n) is 20.6. The number of hydrogen-bond donors (Lipinski definition) is 0. The van der Waals surface area contributed by atoms with E-state index in [-0.39, 0.29) is 5.76 Å². The Morgan fingerprint density at radius 2 is 1.83 bits per heavy atom. The van der Waals surface area contributed by atoms with E-state index in [0.717, 1.165) is 63.4 Å². The van der Waals surface area contributed by atoms with Crippen molar-refractivity contribution in [1.29, 1.82) is 0 Å². The number of piperidine rings is 1. The van der Waals surface area contributed by atoms with Crippen LogP contribution < -0.4 is 4.90 Å². The molecule has 0 spiro atoms. The van der Waals surface area contributed by atoms with Crippen molar-refractivity contribution in [3.63, 3.8) is 0 Å². The van der Waals surface area contributed by atoms with Gasteiger partial charge in [-0.1, -0.05) is 0 Å². The summed E-state index contributed by atoms with van der Waals surface area (Å²) in [6.07, 6.45) is 12.3. The normalized spacial score (nSPS) is 24.2. The Bertz CT molecular complexity index is 1310. The van der Waals surface area contributed by atoms with Gasteiger partial charge in [-0.3, -0.25) is 9.69 Å². The number of carbonyl (C=O) groups is 1. The number of hydrogen-bond acceptors (Lipinski definition) is 7. The number of halogens is 1. The van der Waals surface area contributed by atoms with E-state index in [1.165, 1.54) is 19.3 Å². The summed E-state index contributed by atoms with van der Waals surface area (Å²) in [6.45, 7) is 6.57. The van der Waals surface area contributed by atoms with E-state index in [2.05, 4.69) is 31.8 Å². The summed E-state index contributed by atoms with van der Waals surface area (Å²) >= 11 is 0. The number of aliphatic imine (C=N–C) groups is 1. The molecule has 0 saturated carbocycles. The fourth-order valence-corrected chi connectivity index (χ4v) is 5.66. The first-order valence-electron chi connectivity index (χ1n) is 12.5. The number of likely N-dealkylation sites (N-methyl/N-ethyl adjacent to an activating group) is 1. The number of carbonyl (C=O) groups excluding carboxylic acids is 1. The van der Waals surface area contributed by atoms with E-state index in [9.17, 15) is 9.18 Å². The van der Waals surface area contributed by atoms with Crippen molar-refractivity contribution < 1.29 is 13.9 Å². The second-order valence-electron chi connectivity index (χ2n) is 9.88. The highest BCUT2D eigenvalue weighted by molar-refractivity contribution is 6.19. The molecule has 188 valence electrons. The number of allylic oxidation sites excluding steroid dienone is 4. The number of fused-ring (bicyclic) bond motifs is 2. The highest BCUT2D eigenvalue weighted by Gasteiger charge is 2.32. The van der Waals surface area contributed by atoms with Gasteiger partial charge in [0.25, 0.3) is 5.91 Å². The quantitative estimate of drug-likeness (QED) is 0.650. The summed E-state index contributed by atoms with van der Waals surface area (Å²) in [5.74, 6) is -1.24. The summed E-state index contributed by atoms with van der Waals surface area (Å²) in [7, 11) is 3.61. The predicted molar refractivity (Wildman–Crippen MR) is 135 cm³/mol. The Morgan fingerprint density at radius 1 is 1.06 bits per heavy atom. The number of rotatable bonds is 4. The highest BCUT2D eigenvalue weighted by atomic mass is 19.1. The number of aromatic nitrogens is 3. The van der Waals surface area contributed by atoms with Gasteiger partial charge in [0.15, 0.2) is 17.2 Å². The molecule has 2 aromatic rings. The van der Waals surface area contributed by atoms with E-state index in [4.69, 9.17) is 9.72 Å². The summed E-state index contributed by atoms with van der Waals surface area (Å²) in [4.78, 5) is 28.5. The number of nitrogens with zero attached hydrogens (tertiary/aromatic N) is 7. The number of ether oxygens (including phenoxy) is 1. The predicted octanol–water partition coefficient (Wildman–Crippen LogP) is 2.32. The van der Waals surface area contributed by atoms with E-state index in [1.54, 1.807) is 16.8 Å². The van der Waals surface area contributed by atoms with Gasteiger partial charge in [-0.25, -0.2) is 18.9 Å². The number of dihydropyridines is 1. The van der Waals surface area contributed by atoms with E-state index >= 15 is 0 Å². The first-order valence-corrected chi connectivity index (χ1v) is 12.5. The molecule has 9 nitrogen and oxygen atoms in total. The number of amides is 1. The monoisotopic (exact) mass is 491 g/mol. The van der Waals surface area contributed by atoms with Gasteiger partial charge < -0.3 is 14.5 Å². The van der Waals surface area contributed by atoms with Gasteiger partial charge in [-0.05, 0) is 31.5 Å². The van der Waals surface area contributed by atoms with E-state index in [1.807, 2.05) is 12.4 Å². The highest BCUT2D eigenvalue weighted by Crippen LogP contribution is 2.36. The van der Waals surface area contributed by atoms with Gasteiger partial charge in [0.1, 0.15) is 0 Å². The molecule has 1 atom stereocenters. The molecule has 6 rings (SSSR count). The molecule has 4 aliphatic rings. The maximum Gasteiger partial charge on any atom is 0.270 e. The largest absolute Gasteiger partial charge is 0.494 e. The summed E-state index contributed by atoms with van der Waals surface area (Å²) in [5.41, 5.74) is 3.45. The number of piperazine rings is 1. The number of methoxy groups -OCH3 is 1. The molecule has 2 fully saturated rings. The van der Waals surface area contributed by atoms with Crippen molar-refractivity contribution >= 4 is 28.5 Å². The molecule has 5 heterocycles. The Balaban J connectivity index is 1.21. The van der Waals surface area contributed by atoms with Crippen LogP contribution in [0.3, 0.4) is 0 Å². The lowest BCUT2D eigenvalue weighted by molar-refractivity contribution is -0.113. The third kappa shape index (κ3) is 4.14. The number of anilines is 1. The molecule has 2 aromatic heterocycles. The maximum atomic E-state index is 14.3. The van der Waals surface area contributed by atoms with Crippen molar-refractivity contribution in [1.82, 2.24) is 24.4 Å². The zero-order valence-corrected chi connectivity index (χ0v) is 20.6. The van der Waals surface area contributed by atoms with Crippen molar-refractivity contribution in [2.24, 2.45) is 10.9 Å². The minimum Gasteiger partial charge on any atom is -0.494 e. The SMILES string of the molecule is COC1=CC2C(c3cnn4cc(N5CCC(N6CCN(C)CC6)CC5)cnc34)=CC(=O)N=C2C=C1F. The Hall–Kier alpha value is -3.37. The average Bonchev–Trinajstić information content (AvgIpc) is 3.31. The summed E-state index contributed by atoms with van der Waals surface area (Å²) < 4.78 is 21.2. The molecule has 36 heavy (non-hydrogen) atoms. The van der Waals surface area contributed by atoms with Crippen LogP contribution in [0.1, 0.15) is 18.4 Å². The smallest absolute Gasteiger partial charge is 0.270 e. The lowest BCUT2D eigenvalue weighted by Crippen LogP contribution is -2.52. The van der Waals surface area contributed by atoms with Gasteiger partial charge >= 0.3 is 0 Å². The second-order valence-corrected chi connectivity index (χ2v) is 9.88. The molecule has 0 bridgehead atoms. The fourth-order valence-electron chi connectivity index (χ4n) is 5.66. The van der Waals surface area contributed by atoms with Crippen LogP contribution >= 0.6 is 0 Å². The zero-order chi connectivity index (χ0) is 24.8. The Morgan fingerprint density at radius 3 is 2.58 bits per heavy atom. The molecule has 2 saturated heterocycles. The standard InChI is InChI=1S/C26H30FN7O2/c1-31-7-9-33(10-8-31)17-3-5-32(6-4-17)18-14-28-26-21(15-29-34(26)16-18)19-12-25(35)30-23-13-22(27)24(36-2)11-20(19)23/h11-17,20H,3-10H2,1-2H3. The molecule has 1 amide bonds. The average molecular weight is 492 g/mol. The molecule has 0 aromatic carbocycles. The molecule has 1 aliphatic carbocycles. The van der Waals surface area contributed by atoms with E-state index < -0.39 is 17.7 Å². The summed E-state index contributed by atoms with van der Waals surface area (Å²) in [5, 5.41) is 4.54. The Kier molecular flexibility index (Phi) is 5.93. The first kappa shape index (κ1) is 23.1. The topological polar surface area (TPSA) is 78.6 Å². The molecule has 1 unspecified atom stereocenters. The van der Waals surface area contributed by atoms with Crippen LogP contribution in [-0.4, -0.2) is 95.5 Å². The molecule has 10 heteroatoms. The fraction of sp³-hybridized carbons (Fsp3) is 0.462. The van der Waals surface area contributed by atoms with Gasteiger partial charge in [-0.15, -0.1) is 0 Å². The Labute approximate surface area is 209 Å². The first-order chi connectivity index (χ1) is 17.5. The van der Waals surface area contributed by atoms with Crippen LogP contribution in [0.25, 0.3) is 11.2 Å². The molecular weight excluding hydrogens is 461 g/mol. The second kappa shape index (κ2) is 9.25. The lowest BCUT2D eigenvalue weighted by atomic mass is 9.84.